The van der Waals surface area contributed by atoms with Gasteiger partial charge in [0.1, 0.15) is 18.2 Å². The van der Waals surface area contributed by atoms with Crippen LogP contribution in [0.4, 0.5) is 29.5 Å². The molecule has 13 heteroatoms. The van der Waals surface area contributed by atoms with Crippen LogP contribution in [-0.2, 0) is 26.3 Å². The number of hydrogen-bond donors (Lipinski definition) is 1. The molecule has 42 heavy (non-hydrogen) atoms. The molecule has 3 heterocycles. The van der Waals surface area contributed by atoms with Crippen molar-refractivity contribution in [2.45, 2.75) is 43.2 Å². The quantitative estimate of drug-likeness (QED) is 0.440. The number of amides is 3. The van der Waals surface area contributed by atoms with Gasteiger partial charge < -0.3 is 10.1 Å². The van der Waals surface area contributed by atoms with Crippen molar-refractivity contribution in [3.8, 4) is 6.07 Å². The van der Waals surface area contributed by atoms with Crippen LogP contribution >= 0.6 is 0 Å². The highest BCUT2D eigenvalue weighted by Crippen LogP contribution is 2.45. The van der Waals surface area contributed by atoms with Crippen LogP contribution in [0.15, 0.2) is 61.1 Å². The Hall–Kier alpha value is -4.99. The van der Waals surface area contributed by atoms with Gasteiger partial charge in [0.15, 0.2) is 5.54 Å². The minimum absolute atomic E-state index is 0.126. The molecule has 216 valence electrons. The lowest BCUT2D eigenvalue weighted by molar-refractivity contribution is -0.135. The number of benzene rings is 1. The number of hydrogen-bond acceptors (Lipinski definition) is 7. The van der Waals surface area contributed by atoms with Gasteiger partial charge in [0, 0.05) is 31.1 Å². The van der Waals surface area contributed by atoms with Crippen molar-refractivity contribution in [2.75, 3.05) is 23.0 Å². The van der Waals surface area contributed by atoms with E-state index in [0.29, 0.717) is 42.9 Å². The first kappa shape index (κ1) is 28.5. The zero-order valence-corrected chi connectivity index (χ0v) is 22.2. The Balaban J connectivity index is 0.000000211. The molecule has 1 aromatic carbocycles. The van der Waals surface area contributed by atoms with E-state index in [9.17, 15) is 27.6 Å². The fourth-order valence-corrected chi connectivity index (χ4v) is 5.40. The van der Waals surface area contributed by atoms with E-state index < -0.39 is 48.2 Å². The number of halogens is 3. The number of fused-ring (bicyclic) bond motifs is 1. The Morgan fingerprint density at radius 1 is 1.21 bits per heavy atom. The molecule has 1 atom stereocenters. The average molecular weight is 579 g/mol. The highest BCUT2D eigenvalue weighted by molar-refractivity contribution is 5.98. The third kappa shape index (κ3) is 5.47. The number of nitriles is 1. The fourth-order valence-electron chi connectivity index (χ4n) is 5.40. The summed E-state index contributed by atoms with van der Waals surface area (Å²) in [5, 5.41) is 11.3. The molecule has 0 spiro atoms. The predicted molar refractivity (Wildman–Crippen MR) is 143 cm³/mol. The van der Waals surface area contributed by atoms with Gasteiger partial charge in [-0.15, -0.1) is 0 Å². The van der Waals surface area contributed by atoms with E-state index >= 15 is 0 Å². The lowest BCUT2D eigenvalue weighted by Crippen LogP contribution is -2.60. The van der Waals surface area contributed by atoms with Crippen molar-refractivity contribution < 1.29 is 32.3 Å². The van der Waals surface area contributed by atoms with Gasteiger partial charge in [-0.25, -0.2) is 22.9 Å². The van der Waals surface area contributed by atoms with Crippen molar-refractivity contribution in [1.29, 1.82) is 5.26 Å². The van der Waals surface area contributed by atoms with Crippen LogP contribution < -0.4 is 15.1 Å². The van der Waals surface area contributed by atoms with Crippen molar-refractivity contribution >= 4 is 29.9 Å². The van der Waals surface area contributed by atoms with Crippen LogP contribution in [0, 0.1) is 17.1 Å². The molecule has 0 unspecified atom stereocenters. The van der Waals surface area contributed by atoms with Crippen LogP contribution in [0.2, 0.25) is 0 Å². The smallest absolute Gasteiger partial charge is 0.415 e. The first-order valence-corrected chi connectivity index (χ1v) is 13.1. The van der Waals surface area contributed by atoms with Crippen molar-refractivity contribution in [1.82, 2.24) is 15.3 Å². The summed E-state index contributed by atoms with van der Waals surface area (Å²) < 4.78 is 44.9. The highest BCUT2D eigenvalue weighted by atomic mass is 19.3. The Morgan fingerprint density at radius 3 is 2.67 bits per heavy atom. The number of rotatable bonds is 6. The molecule has 3 amide bonds. The molecule has 2 aliphatic carbocycles. The molecular weight excluding hydrogens is 553 g/mol. The van der Waals surface area contributed by atoms with E-state index in [2.05, 4.69) is 15.3 Å². The minimum atomic E-state index is -2.78. The van der Waals surface area contributed by atoms with Gasteiger partial charge in [-0.05, 0) is 36.1 Å². The number of ether oxygens (including phenoxy) is 1. The van der Waals surface area contributed by atoms with Gasteiger partial charge in [-0.2, -0.15) is 5.26 Å². The van der Waals surface area contributed by atoms with Crippen LogP contribution in [0.25, 0.3) is 0 Å². The summed E-state index contributed by atoms with van der Waals surface area (Å²) >= 11 is 0. The average Bonchev–Trinajstić information content (AvgIpc) is 3.57. The second kappa shape index (κ2) is 11.5. The third-order valence-corrected chi connectivity index (χ3v) is 7.42. The Bertz CT molecular complexity index is 1560. The van der Waals surface area contributed by atoms with Gasteiger partial charge >= 0.3 is 6.09 Å². The fraction of sp³-hybridized carbons (Fsp3) is 0.310. The van der Waals surface area contributed by atoms with Crippen molar-refractivity contribution in [2.24, 2.45) is 0 Å². The zero-order chi connectivity index (χ0) is 29.9. The van der Waals surface area contributed by atoms with Gasteiger partial charge in [-0.1, -0.05) is 24.3 Å². The number of cyclic esters (lactones) is 1. The van der Waals surface area contributed by atoms with E-state index in [1.165, 1.54) is 17.3 Å². The SMILES string of the molecule is N#Cc1ccnc(N2CCOC2=O)c1.O=CN(c1cncc(F)c1)[C@]1(C(=O)NC2CC(F)(F)C2)CCc2ccccc21. The maximum atomic E-state index is 13.7. The standard InChI is InChI=1S/C20H18F3N3O2.C9H7N3O2/c21-14-7-16(11-24-10-14)26(12-27)20(6-5-13-3-1-2-4-17(13)20)18(28)25-15-8-19(22,23)9-15;10-6-7-1-2-11-8(5-7)12-3-4-14-9(12)13/h1-4,7,10-12,15H,5-6,8-9H2,(H,25,28);1-2,5H,3-4H2/t20-;/m1./s1. The summed E-state index contributed by atoms with van der Waals surface area (Å²) in [5.41, 5.74) is 0.650. The largest absolute Gasteiger partial charge is 0.447 e. The minimum Gasteiger partial charge on any atom is -0.447 e. The van der Waals surface area contributed by atoms with Gasteiger partial charge in [0.05, 0.1) is 36.3 Å². The number of carbonyl (C=O) groups is 3. The Kier molecular flexibility index (Phi) is 7.80. The van der Waals surface area contributed by atoms with Gasteiger partial charge in [-0.3, -0.25) is 24.4 Å². The molecule has 2 fully saturated rings. The Morgan fingerprint density at radius 2 is 2.00 bits per heavy atom. The number of anilines is 2. The number of aryl methyl sites for hydroxylation is 1. The number of pyridine rings is 2. The van der Waals surface area contributed by atoms with Crippen LogP contribution in [-0.4, -0.2) is 53.5 Å². The molecule has 3 aliphatic rings. The normalized spacial score (nSPS) is 20.2. The molecule has 3 aromatic rings. The van der Waals surface area contributed by atoms with E-state index in [0.717, 1.165) is 22.7 Å². The van der Waals surface area contributed by atoms with Gasteiger partial charge in [0.25, 0.3) is 11.8 Å². The van der Waals surface area contributed by atoms with E-state index in [1.807, 2.05) is 18.2 Å². The van der Waals surface area contributed by atoms with Crippen molar-refractivity contribution in [3.63, 3.8) is 0 Å². The first-order chi connectivity index (χ1) is 20.2. The van der Waals surface area contributed by atoms with E-state index in [-0.39, 0.29) is 12.1 Å². The van der Waals surface area contributed by atoms with Crippen LogP contribution in [0.5, 0.6) is 0 Å². The monoisotopic (exact) mass is 578 g/mol. The summed E-state index contributed by atoms with van der Waals surface area (Å²) in [6, 6.07) is 12.8. The first-order valence-electron chi connectivity index (χ1n) is 13.1. The van der Waals surface area contributed by atoms with E-state index in [1.54, 1.807) is 24.3 Å². The van der Waals surface area contributed by atoms with Crippen LogP contribution in [0.3, 0.4) is 0 Å². The molecule has 1 saturated heterocycles. The lowest BCUT2D eigenvalue weighted by atomic mass is 9.84. The molecule has 6 rings (SSSR count). The Labute approximate surface area is 238 Å². The molecule has 0 bridgehead atoms. The summed E-state index contributed by atoms with van der Waals surface area (Å²) in [7, 11) is 0. The third-order valence-electron chi connectivity index (χ3n) is 7.42. The second-order valence-electron chi connectivity index (χ2n) is 10.1. The summed E-state index contributed by atoms with van der Waals surface area (Å²) in [5.74, 6) is -3.51. The maximum absolute atomic E-state index is 13.7. The number of nitrogens with one attached hydrogen (secondary N) is 1. The molecule has 1 saturated carbocycles. The number of alkyl halides is 2. The van der Waals surface area contributed by atoms with Gasteiger partial charge in [0.2, 0.25) is 6.41 Å². The summed E-state index contributed by atoms with van der Waals surface area (Å²) in [4.78, 5) is 46.9. The molecule has 2 aromatic heterocycles. The zero-order valence-electron chi connectivity index (χ0n) is 22.2. The summed E-state index contributed by atoms with van der Waals surface area (Å²) in [6.07, 6.45) is 3.77. The molecule has 0 radical (unpaired) electrons. The van der Waals surface area contributed by atoms with Crippen molar-refractivity contribution in [3.05, 3.63) is 83.6 Å². The topological polar surface area (TPSA) is 129 Å². The molecule has 1 aliphatic heterocycles. The summed E-state index contributed by atoms with van der Waals surface area (Å²) in [6.45, 7) is 0.859. The number of nitrogens with zero attached hydrogens (tertiary/aromatic N) is 5. The molecule has 1 N–H and O–H groups in total. The lowest BCUT2D eigenvalue weighted by Gasteiger charge is -2.42. The number of carbonyl (C=O) groups excluding carboxylic acids is 3. The predicted octanol–water partition coefficient (Wildman–Crippen LogP) is 3.85. The molecule has 10 nitrogen and oxygen atoms in total. The van der Waals surface area contributed by atoms with Crippen LogP contribution in [0.1, 0.15) is 36.0 Å². The van der Waals surface area contributed by atoms with E-state index in [4.69, 9.17) is 10.00 Å². The second-order valence-corrected chi connectivity index (χ2v) is 10.1. The number of aromatic nitrogens is 2. The molecular formula is C29H25F3N6O4. The highest BCUT2D eigenvalue weighted by Gasteiger charge is 2.53. The maximum Gasteiger partial charge on any atom is 0.415 e.